The summed E-state index contributed by atoms with van der Waals surface area (Å²) in [5, 5.41) is 0. The maximum absolute atomic E-state index is 12.7. The van der Waals surface area contributed by atoms with Gasteiger partial charge in [-0.25, -0.2) is 0 Å². The SMILES string of the molecule is CC1=C[C@H]2C[C@H]1[C@H]1C(=O)N(c3ccc(OC(F)(F)F)cc3)C(=O)[C@@H]12. The van der Waals surface area contributed by atoms with E-state index in [0.29, 0.717) is 0 Å². The standard InChI is InChI=1S/C17H14F3NO3/c1-8-6-9-7-12(8)14-13(9)15(22)21(16(14)23)10-2-4-11(5-3-10)24-17(18,19)20/h2-6,9,12-14H,7H2,1H3/t9-,12+,13+,14+/m0/s1. The number of ether oxygens (including phenoxy) is 1. The van der Waals surface area contributed by atoms with Gasteiger partial charge in [-0.3, -0.25) is 14.5 Å². The van der Waals surface area contributed by atoms with E-state index in [1.165, 1.54) is 12.1 Å². The number of benzene rings is 1. The molecule has 0 spiro atoms. The number of alkyl halides is 3. The number of imide groups is 1. The highest BCUT2D eigenvalue weighted by molar-refractivity contribution is 6.22. The van der Waals surface area contributed by atoms with Crippen LogP contribution < -0.4 is 9.64 Å². The summed E-state index contributed by atoms with van der Waals surface area (Å²) in [6.45, 7) is 1.98. The van der Waals surface area contributed by atoms with Crippen molar-refractivity contribution < 1.29 is 27.5 Å². The highest BCUT2D eigenvalue weighted by atomic mass is 19.4. The largest absolute Gasteiger partial charge is 0.573 e. The van der Waals surface area contributed by atoms with Gasteiger partial charge in [0.2, 0.25) is 11.8 Å². The van der Waals surface area contributed by atoms with Crippen LogP contribution in [0.2, 0.25) is 0 Å². The summed E-state index contributed by atoms with van der Waals surface area (Å²) in [5.41, 5.74) is 1.43. The van der Waals surface area contributed by atoms with E-state index >= 15 is 0 Å². The molecule has 24 heavy (non-hydrogen) atoms. The van der Waals surface area contributed by atoms with Gasteiger partial charge in [0.1, 0.15) is 5.75 Å². The first-order valence-corrected chi connectivity index (χ1v) is 7.68. The second-order valence-electron chi connectivity index (χ2n) is 6.52. The predicted molar refractivity (Wildman–Crippen MR) is 78.0 cm³/mol. The lowest BCUT2D eigenvalue weighted by molar-refractivity contribution is -0.274. The number of rotatable bonds is 2. The van der Waals surface area contributed by atoms with Crippen molar-refractivity contribution in [1.82, 2.24) is 0 Å². The van der Waals surface area contributed by atoms with Crippen LogP contribution in [-0.2, 0) is 9.59 Å². The number of hydrogen-bond acceptors (Lipinski definition) is 3. The number of carbonyl (C=O) groups excluding carboxylic acids is 2. The van der Waals surface area contributed by atoms with E-state index in [2.05, 4.69) is 10.8 Å². The fraction of sp³-hybridized carbons (Fsp3) is 0.412. The lowest BCUT2D eigenvalue weighted by Gasteiger charge is -2.19. The van der Waals surface area contributed by atoms with Crippen LogP contribution in [-0.4, -0.2) is 18.2 Å². The maximum Gasteiger partial charge on any atom is 0.573 e. The Kier molecular flexibility index (Phi) is 3.07. The third-order valence-corrected chi connectivity index (χ3v) is 5.21. The van der Waals surface area contributed by atoms with Gasteiger partial charge in [-0.05, 0) is 49.4 Å². The molecule has 1 saturated carbocycles. The summed E-state index contributed by atoms with van der Waals surface area (Å²) >= 11 is 0. The van der Waals surface area contributed by atoms with Gasteiger partial charge in [0.25, 0.3) is 0 Å². The average Bonchev–Trinajstić information content (AvgIpc) is 3.10. The topological polar surface area (TPSA) is 46.6 Å². The number of fused-ring (bicyclic) bond motifs is 5. The molecule has 126 valence electrons. The molecule has 1 aromatic rings. The molecule has 0 N–H and O–H groups in total. The Morgan fingerprint density at radius 2 is 1.71 bits per heavy atom. The molecule has 2 fully saturated rings. The lowest BCUT2D eigenvalue weighted by atomic mass is 9.82. The Morgan fingerprint density at radius 3 is 2.33 bits per heavy atom. The first kappa shape index (κ1) is 15.2. The van der Waals surface area contributed by atoms with Gasteiger partial charge in [0.15, 0.2) is 0 Å². The second kappa shape index (κ2) is 4.84. The minimum Gasteiger partial charge on any atom is -0.406 e. The Bertz CT molecular complexity index is 753. The van der Waals surface area contributed by atoms with Crippen molar-refractivity contribution in [2.75, 3.05) is 4.90 Å². The number of amides is 2. The number of allylic oxidation sites excluding steroid dienone is 2. The fourth-order valence-electron chi connectivity index (χ4n) is 4.33. The van der Waals surface area contributed by atoms with E-state index in [4.69, 9.17) is 0 Å². The van der Waals surface area contributed by atoms with Crippen molar-refractivity contribution in [3.63, 3.8) is 0 Å². The quantitative estimate of drug-likeness (QED) is 0.615. The van der Waals surface area contributed by atoms with E-state index in [0.717, 1.165) is 29.0 Å². The van der Waals surface area contributed by atoms with Crippen LogP contribution in [0.15, 0.2) is 35.9 Å². The van der Waals surface area contributed by atoms with Crippen LogP contribution in [0, 0.1) is 23.7 Å². The molecule has 1 aromatic carbocycles. The molecule has 2 aliphatic carbocycles. The maximum atomic E-state index is 12.7. The zero-order valence-electron chi connectivity index (χ0n) is 12.7. The molecule has 0 unspecified atom stereocenters. The normalized spacial score (nSPS) is 31.5. The first-order valence-electron chi connectivity index (χ1n) is 7.68. The smallest absolute Gasteiger partial charge is 0.406 e. The van der Waals surface area contributed by atoms with E-state index in [9.17, 15) is 22.8 Å². The van der Waals surface area contributed by atoms with Gasteiger partial charge >= 0.3 is 6.36 Å². The van der Waals surface area contributed by atoms with Crippen molar-refractivity contribution in [3.8, 4) is 5.75 Å². The van der Waals surface area contributed by atoms with Crippen LogP contribution in [0.1, 0.15) is 13.3 Å². The molecule has 1 aliphatic heterocycles. The minimum atomic E-state index is -4.78. The van der Waals surface area contributed by atoms with Crippen LogP contribution in [0.4, 0.5) is 18.9 Å². The summed E-state index contributed by atoms with van der Waals surface area (Å²) in [4.78, 5) is 26.5. The van der Waals surface area contributed by atoms with Crippen molar-refractivity contribution in [2.45, 2.75) is 19.7 Å². The molecule has 2 bridgehead atoms. The van der Waals surface area contributed by atoms with Crippen molar-refractivity contribution in [2.24, 2.45) is 23.7 Å². The Labute approximate surface area is 135 Å². The number of halogens is 3. The summed E-state index contributed by atoms with van der Waals surface area (Å²) in [6.07, 6.45) is -1.87. The molecule has 4 atom stereocenters. The average molecular weight is 337 g/mol. The van der Waals surface area contributed by atoms with Crippen molar-refractivity contribution in [3.05, 3.63) is 35.9 Å². The third-order valence-electron chi connectivity index (χ3n) is 5.21. The Balaban J connectivity index is 1.60. The molecule has 3 aliphatic rings. The van der Waals surface area contributed by atoms with Gasteiger partial charge in [-0.15, -0.1) is 13.2 Å². The number of carbonyl (C=O) groups is 2. The van der Waals surface area contributed by atoms with Crippen molar-refractivity contribution in [1.29, 1.82) is 0 Å². The zero-order valence-corrected chi connectivity index (χ0v) is 12.7. The molecule has 7 heteroatoms. The summed E-state index contributed by atoms with van der Waals surface area (Å²) in [6, 6.07) is 4.82. The number of anilines is 1. The monoisotopic (exact) mass is 337 g/mol. The van der Waals surface area contributed by atoms with Gasteiger partial charge in [-0.2, -0.15) is 0 Å². The zero-order chi connectivity index (χ0) is 17.2. The molecule has 1 heterocycles. The molecule has 0 radical (unpaired) electrons. The molecular formula is C17H14F3NO3. The first-order chi connectivity index (χ1) is 11.3. The van der Waals surface area contributed by atoms with Gasteiger partial charge in [0.05, 0.1) is 17.5 Å². The van der Waals surface area contributed by atoms with Crippen molar-refractivity contribution >= 4 is 17.5 Å². The van der Waals surface area contributed by atoms with Crippen LogP contribution in [0.3, 0.4) is 0 Å². The molecule has 4 rings (SSSR count). The minimum absolute atomic E-state index is 0.0919. The highest BCUT2D eigenvalue weighted by Crippen LogP contribution is 2.55. The van der Waals surface area contributed by atoms with Gasteiger partial charge in [-0.1, -0.05) is 11.6 Å². The molecule has 1 saturated heterocycles. The van der Waals surface area contributed by atoms with Gasteiger partial charge < -0.3 is 4.74 Å². The van der Waals surface area contributed by atoms with E-state index in [1.807, 2.05) is 6.92 Å². The van der Waals surface area contributed by atoms with Crippen LogP contribution in [0.5, 0.6) is 5.75 Å². The summed E-state index contributed by atoms with van der Waals surface area (Å²) in [7, 11) is 0. The molecule has 4 nitrogen and oxygen atoms in total. The Morgan fingerprint density at radius 1 is 1.08 bits per heavy atom. The van der Waals surface area contributed by atoms with Crippen LogP contribution in [0.25, 0.3) is 0 Å². The number of hydrogen-bond donors (Lipinski definition) is 0. The highest BCUT2D eigenvalue weighted by Gasteiger charge is 2.60. The molecule has 2 amide bonds. The summed E-state index contributed by atoms with van der Waals surface area (Å²) < 4.78 is 40.4. The third kappa shape index (κ3) is 2.14. The molecular weight excluding hydrogens is 323 g/mol. The summed E-state index contributed by atoms with van der Waals surface area (Å²) in [5.74, 6) is -1.37. The van der Waals surface area contributed by atoms with E-state index < -0.39 is 6.36 Å². The van der Waals surface area contributed by atoms with Crippen LogP contribution >= 0.6 is 0 Å². The number of nitrogens with zero attached hydrogens (tertiary/aromatic N) is 1. The molecule has 0 aromatic heterocycles. The lowest BCUT2D eigenvalue weighted by Crippen LogP contribution is -2.32. The van der Waals surface area contributed by atoms with E-state index in [-0.39, 0.29) is 46.9 Å². The van der Waals surface area contributed by atoms with E-state index in [1.54, 1.807) is 0 Å². The van der Waals surface area contributed by atoms with Gasteiger partial charge in [0, 0.05) is 0 Å². The predicted octanol–water partition coefficient (Wildman–Crippen LogP) is 3.29. The fourth-order valence-corrected chi connectivity index (χ4v) is 4.33. The Hall–Kier alpha value is -2.31. The second-order valence-corrected chi connectivity index (χ2v) is 6.52.